The average Bonchev–Trinajstić information content (AvgIpc) is 3.18. The Morgan fingerprint density at radius 3 is 2.91 bits per heavy atom. The molecular formula is C17H19N4O2+. The number of aromatic nitrogens is 2. The number of nitrogens with one attached hydrogen (secondary N) is 1. The van der Waals surface area contributed by atoms with Gasteiger partial charge in [0.25, 0.3) is 0 Å². The summed E-state index contributed by atoms with van der Waals surface area (Å²) in [6.45, 7) is 0.626. The second-order valence-electron chi connectivity index (χ2n) is 5.63. The molecule has 1 atom stereocenters. The summed E-state index contributed by atoms with van der Waals surface area (Å²) in [5.41, 5.74) is 1.52. The lowest BCUT2D eigenvalue weighted by molar-refractivity contribution is -0.779. The summed E-state index contributed by atoms with van der Waals surface area (Å²) in [7, 11) is 3.47. The van der Waals surface area contributed by atoms with Crippen LogP contribution in [0.3, 0.4) is 0 Å². The van der Waals surface area contributed by atoms with Gasteiger partial charge in [0.1, 0.15) is 25.0 Å². The number of rotatable bonds is 5. The summed E-state index contributed by atoms with van der Waals surface area (Å²) in [5, 5.41) is 0. The normalized spacial score (nSPS) is 19.7. The molecule has 1 aliphatic rings. The zero-order chi connectivity index (χ0) is 16.3. The van der Waals surface area contributed by atoms with Crippen molar-refractivity contribution in [3.8, 4) is 0 Å². The van der Waals surface area contributed by atoms with E-state index >= 15 is 0 Å². The SMILES string of the molecule is COC(=O)c1ccccc1C[N+]1(C)C=CN=C1Cc1ncc[nH]1. The summed E-state index contributed by atoms with van der Waals surface area (Å²) >= 11 is 0. The van der Waals surface area contributed by atoms with Crippen molar-refractivity contribution in [1.82, 2.24) is 9.97 Å². The van der Waals surface area contributed by atoms with Gasteiger partial charge in [-0.2, -0.15) is 0 Å². The van der Waals surface area contributed by atoms with Crippen LogP contribution in [0.15, 0.2) is 54.1 Å². The number of H-pyrrole nitrogens is 1. The smallest absolute Gasteiger partial charge is 0.338 e. The van der Waals surface area contributed by atoms with Crippen LogP contribution in [0.25, 0.3) is 0 Å². The molecule has 23 heavy (non-hydrogen) atoms. The van der Waals surface area contributed by atoms with Crippen molar-refractivity contribution in [2.24, 2.45) is 4.99 Å². The minimum atomic E-state index is -0.320. The number of ether oxygens (including phenoxy) is 1. The molecule has 1 unspecified atom stereocenters. The van der Waals surface area contributed by atoms with Crippen molar-refractivity contribution in [2.45, 2.75) is 13.0 Å². The maximum Gasteiger partial charge on any atom is 0.338 e. The number of likely N-dealkylation sites (N-methyl/N-ethyl adjacent to an activating group) is 1. The van der Waals surface area contributed by atoms with Crippen LogP contribution in [-0.2, 0) is 17.7 Å². The van der Waals surface area contributed by atoms with Crippen LogP contribution in [0.1, 0.15) is 21.7 Å². The highest BCUT2D eigenvalue weighted by Crippen LogP contribution is 2.23. The van der Waals surface area contributed by atoms with E-state index in [4.69, 9.17) is 4.74 Å². The molecule has 0 spiro atoms. The van der Waals surface area contributed by atoms with Gasteiger partial charge in [0.2, 0.25) is 5.84 Å². The summed E-state index contributed by atoms with van der Waals surface area (Å²) in [5.74, 6) is 1.53. The molecule has 1 aromatic heterocycles. The monoisotopic (exact) mass is 311 g/mol. The molecule has 1 N–H and O–H groups in total. The minimum absolute atomic E-state index is 0.320. The van der Waals surface area contributed by atoms with Crippen molar-refractivity contribution in [1.29, 1.82) is 0 Å². The van der Waals surface area contributed by atoms with Crippen LogP contribution in [0.5, 0.6) is 0 Å². The fourth-order valence-corrected chi connectivity index (χ4v) is 2.72. The molecular weight excluding hydrogens is 292 g/mol. The first kappa shape index (κ1) is 15.2. The van der Waals surface area contributed by atoms with Crippen LogP contribution >= 0.6 is 0 Å². The Morgan fingerprint density at radius 2 is 2.17 bits per heavy atom. The third-order valence-electron chi connectivity index (χ3n) is 4.01. The number of hydrogen-bond donors (Lipinski definition) is 1. The van der Waals surface area contributed by atoms with E-state index in [1.54, 1.807) is 24.7 Å². The van der Waals surface area contributed by atoms with Crippen LogP contribution < -0.4 is 0 Å². The minimum Gasteiger partial charge on any atom is -0.465 e. The lowest BCUT2D eigenvalue weighted by Crippen LogP contribution is -2.43. The van der Waals surface area contributed by atoms with Gasteiger partial charge in [0.15, 0.2) is 0 Å². The van der Waals surface area contributed by atoms with Crippen LogP contribution in [-0.4, -0.2) is 40.4 Å². The Hall–Kier alpha value is -2.73. The van der Waals surface area contributed by atoms with Gasteiger partial charge in [-0.1, -0.05) is 18.2 Å². The summed E-state index contributed by atoms with van der Waals surface area (Å²) in [6, 6.07) is 7.51. The maximum absolute atomic E-state index is 12.0. The van der Waals surface area contributed by atoms with E-state index in [0.29, 0.717) is 23.0 Å². The largest absolute Gasteiger partial charge is 0.465 e. The number of methoxy groups -OCH3 is 1. The fraction of sp³-hybridized carbons (Fsp3) is 0.235. The van der Waals surface area contributed by atoms with Gasteiger partial charge < -0.3 is 9.72 Å². The average molecular weight is 311 g/mol. The highest BCUT2D eigenvalue weighted by molar-refractivity contribution is 5.91. The van der Waals surface area contributed by atoms with Gasteiger partial charge in [0, 0.05) is 18.0 Å². The molecule has 3 rings (SSSR count). The van der Waals surface area contributed by atoms with E-state index in [2.05, 4.69) is 22.0 Å². The molecule has 2 heterocycles. The molecule has 1 aromatic carbocycles. The molecule has 0 saturated carbocycles. The van der Waals surface area contributed by atoms with E-state index in [1.807, 2.05) is 24.4 Å². The quantitative estimate of drug-likeness (QED) is 0.680. The molecule has 1 aliphatic heterocycles. The molecule has 0 saturated heterocycles. The number of aromatic amines is 1. The lowest BCUT2D eigenvalue weighted by atomic mass is 10.1. The van der Waals surface area contributed by atoms with Crippen molar-refractivity contribution < 1.29 is 14.0 Å². The Morgan fingerprint density at radius 1 is 1.35 bits per heavy atom. The van der Waals surface area contributed by atoms with E-state index < -0.39 is 0 Å². The van der Waals surface area contributed by atoms with Gasteiger partial charge in [-0.25, -0.2) is 19.3 Å². The second kappa shape index (κ2) is 6.18. The molecule has 6 nitrogen and oxygen atoms in total. The number of benzene rings is 1. The lowest BCUT2D eigenvalue weighted by Gasteiger charge is -2.28. The number of hydrogen-bond acceptors (Lipinski definition) is 4. The molecule has 2 aromatic rings. The highest BCUT2D eigenvalue weighted by atomic mass is 16.5. The first-order chi connectivity index (χ1) is 11.1. The summed E-state index contributed by atoms with van der Waals surface area (Å²) in [4.78, 5) is 23.8. The zero-order valence-electron chi connectivity index (χ0n) is 13.2. The topological polar surface area (TPSA) is 67.3 Å². The molecule has 0 amide bonds. The fourth-order valence-electron chi connectivity index (χ4n) is 2.72. The summed E-state index contributed by atoms with van der Waals surface area (Å²) in [6.07, 6.45) is 7.99. The van der Waals surface area contributed by atoms with Crippen molar-refractivity contribution in [3.63, 3.8) is 0 Å². The first-order valence-corrected chi connectivity index (χ1v) is 7.37. The van der Waals surface area contributed by atoms with Crippen LogP contribution in [0, 0.1) is 0 Å². The number of amidine groups is 1. The summed E-state index contributed by atoms with van der Waals surface area (Å²) < 4.78 is 5.39. The Kier molecular flexibility index (Phi) is 4.08. The molecule has 0 aliphatic carbocycles. The van der Waals surface area contributed by atoms with E-state index in [1.165, 1.54) is 7.11 Å². The number of nitrogens with zero attached hydrogens (tertiary/aromatic N) is 3. The van der Waals surface area contributed by atoms with Gasteiger partial charge in [0.05, 0.1) is 25.9 Å². The Labute approximate surface area is 134 Å². The predicted molar refractivity (Wildman–Crippen MR) is 86.5 cm³/mol. The van der Waals surface area contributed by atoms with E-state index in [9.17, 15) is 4.79 Å². The van der Waals surface area contributed by atoms with Gasteiger partial charge in [-0.05, 0) is 6.07 Å². The maximum atomic E-state index is 12.0. The number of esters is 1. The molecule has 118 valence electrons. The van der Waals surface area contributed by atoms with Gasteiger partial charge in [-0.3, -0.25) is 0 Å². The van der Waals surface area contributed by atoms with E-state index in [-0.39, 0.29) is 5.97 Å². The number of quaternary nitrogens is 1. The van der Waals surface area contributed by atoms with Crippen molar-refractivity contribution >= 4 is 11.8 Å². The Balaban J connectivity index is 1.85. The molecule has 0 radical (unpaired) electrons. The van der Waals surface area contributed by atoms with Crippen molar-refractivity contribution in [2.75, 3.05) is 14.2 Å². The van der Waals surface area contributed by atoms with Crippen LogP contribution in [0.4, 0.5) is 0 Å². The number of carbonyl (C=O) groups excluding carboxylic acids is 1. The highest BCUT2D eigenvalue weighted by Gasteiger charge is 2.32. The number of imidazole rings is 1. The molecule has 0 bridgehead atoms. The predicted octanol–water partition coefficient (Wildman–Crippen LogP) is 2.27. The van der Waals surface area contributed by atoms with Gasteiger partial charge >= 0.3 is 5.97 Å². The number of aliphatic imine (C=N–C) groups is 1. The standard InChI is InChI=1S/C17H19N4O2/c1-21(10-9-20-16(21)11-15-18-7-8-19-15)12-13-5-3-4-6-14(13)17(22)23-2/h3-10H,11-12H2,1-2H3,(H,18,19)/q+1. The third-order valence-corrected chi connectivity index (χ3v) is 4.01. The second-order valence-corrected chi connectivity index (χ2v) is 5.63. The zero-order valence-corrected chi connectivity index (χ0v) is 13.2. The third kappa shape index (κ3) is 3.07. The number of carbonyl (C=O) groups is 1. The van der Waals surface area contributed by atoms with Crippen LogP contribution in [0.2, 0.25) is 0 Å². The Bertz CT molecular complexity index is 765. The molecule has 6 heteroatoms. The van der Waals surface area contributed by atoms with E-state index in [0.717, 1.165) is 17.2 Å². The van der Waals surface area contributed by atoms with Gasteiger partial charge in [-0.15, -0.1) is 0 Å². The first-order valence-electron chi connectivity index (χ1n) is 7.37. The molecule has 0 fully saturated rings. The van der Waals surface area contributed by atoms with Crippen molar-refractivity contribution in [3.05, 3.63) is 66.0 Å².